The van der Waals surface area contributed by atoms with Crippen molar-refractivity contribution in [3.8, 4) is 11.3 Å². The number of aryl methyl sites for hydroxylation is 1. The van der Waals surface area contributed by atoms with Crippen molar-refractivity contribution in [1.82, 2.24) is 15.0 Å². The molecule has 2 heterocycles. The Balaban J connectivity index is 1.97. The summed E-state index contributed by atoms with van der Waals surface area (Å²) in [6.45, 7) is 1.93. The fourth-order valence-corrected chi connectivity index (χ4v) is 4.65. The van der Waals surface area contributed by atoms with E-state index in [1.807, 2.05) is 6.92 Å². The molecule has 34 heavy (non-hydrogen) atoms. The third kappa shape index (κ3) is 5.78. The highest BCUT2D eigenvalue weighted by Crippen LogP contribution is 2.34. The van der Waals surface area contributed by atoms with Gasteiger partial charge in [0.2, 0.25) is 15.7 Å². The minimum Gasteiger partial charge on any atom is -0.469 e. The van der Waals surface area contributed by atoms with Crippen LogP contribution < -0.4 is 10.0 Å². The van der Waals surface area contributed by atoms with Crippen molar-refractivity contribution in [2.24, 2.45) is 0 Å². The molecule has 182 valence electrons. The number of halogens is 1. The molecule has 0 saturated carbocycles. The molecule has 3 aromatic rings. The number of pyridine rings is 1. The van der Waals surface area contributed by atoms with Gasteiger partial charge in [0, 0.05) is 25.6 Å². The van der Waals surface area contributed by atoms with Crippen LogP contribution in [-0.2, 0) is 31.7 Å². The van der Waals surface area contributed by atoms with Gasteiger partial charge in [0.1, 0.15) is 17.3 Å². The summed E-state index contributed by atoms with van der Waals surface area (Å²) in [5, 5.41) is 3.01. The number of sulfonamides is 1. The van der Waals surface area contributed by atoms with Crippen LogP contribution >= 0.6 is 0 Å². The summed E-state index contributed by atoms with van der Waals surface area (Å²) < 4.78 is 51.5. The predicted molar refractivity (Wildman–Crippen MR) is 124 cm³/mol. The number of methoxy groups -OCH3 is 1. The van der Waals surface area contributed by atoms with Crippen LogP contribution in [0.1, 0.15) is 41.4 Å². The van der Waals surface area contributed by atoms with Gasteiger partial charge in [-0.05, 0) is 48.7 Å². The summed E-state index contributed by atoms with van der Waals surface area (Å²) >= 11 is 0. The molecule has 0 bridgehead atoms. The Morgan fingerprint density at radius 3 is 2.53 bits per heavy atom. The third-order valence-corrected chi connectivity index (χ3v) is 6.52. The average Bonchev–Trinajstić information content (AvgIpc) is 3.18. The normalized spacial score (nSPS) is 11.5. The summed E-state index contributed by atoms with van der Waals surface area (Å²) in [6, 6.07) is 7.19. The molecular formula is C23H26FN3O6S. The van der Waals surface area contributed by atoms with Crippen molar-refractivity contribution in [2.45, 2.75) is 31.9 Å². The molecule has 1 aromatic carbocycles. The molecule has 0 aliphatic heterocycles. The van der Waals surface area contributed by atoms with Gasteiger partial charge in [-0.1, -0.05) is 6.92 Å². The second-order valence-electron chi connectivity index (χ2n) is 7.53. The molecule has 1 amide bonds. The van der Waals surface area contributed by atoms with Crippen molar-refractivity contribution < 1.29 is 31.6 Å². The predicted octanol–water partition coefficient (Wildman–Crippen LogP) is 2.93. The van der Waals surface area contributed by atoms with Crippen molar-refractivity contribution >= 4 is 33.0 Å². The van der Waals surface area contributed by atoms with E-state index in [-0.39, 0.29) is 30.0 Å². The zero-order chi connectivity index (χ0) is 24.9. The number of fused-ring (bicyclic) bond motifs is 1. The van der Waals surface area contributed by atoms with E-state index in [2.05, 4.69) is 19.8 Å². The van der Waals surface area contributed by atoms with Crippen LogP contribution in [0.4, 0.5) is 4.39 Å². The van der Waals surface area contributed by atoms with Crippen molar-refractivity contribution in [1.29, 1.82) is 0 Å². The Morgan fingerprint density at radius 2 is 1.91 bits per heavy atom. The van der Waals surface area contributed by atoms with E-state index in [0.717, 1.165) is 0 Å². The minimum absolute atomic E-state index is 0.0808. The molecule has 0 atom stereocenters. The van der Waals surface area contributed by atoms with Crippen LogP contribution in [0.5, 0.6) is 0 Å². The van der Waals surface area contributed by atoms with Crippen LogP contribution in [0.3, 0.4) is 0 Å². The number of rotatable bonds is 10. The summed E-state index contributed by atoms with van der Waals surface area (Å²) in [7, 11) is -0.996. The highest BCUT2D eigenvalue weighted by atomic mass is 32.2. The molecule has 0 spiro atoms. The standard InChI is InChI=1S/C23H26FN3O6S/c1-4-14-12-17-20(22(29)25-2)21(15-7-9-16(24)10-8-15)33-23(17)27-18(14)13-34(30,31)26-11-5-6-19(28)32-3/h7-10,12,26H,4-6,11,13H2,1-3H3,(H,25,29). The van der Waals surface area contributed by atoms with Gasteiger partial charge in [0.15, 0.2) is 0 Å². The number of carbonyl (C=O) groups excluding carboxylic acids is 2. The van der Waals surface area contributed by atoms with Crippen LogP contribution in [0, 0.1) is 5.82 Å². The van der Waals surface area contributed by atoms with Crippen LogP contribution in [0.15, 0.2) is 34.7 Å². The fourth-order valence-electron chi connectivity index (χ4n) is 3.48. The van der Waals surface area contributed by atoms with Crippen molar-refractivity contribution in [3.63, 3.8) is 0 Å². The number of furan rings is 1. The number of aromatic nitrogens is 1. The number of ether oxygens (including phenoxy) is 1. The summed E-state index contributed by atoms with van der Waals surface area (Å²) in [4.78, 5) is 28.3. The van der Waals surface area contributed by atoms with Gasteiger partial charge >= 0.3 is 5.97 Å². The summed E-state index contributed by atoms with van der Waals surface area (Å²) in [6.07, 6.45) is 0.873. The van der Waals surface area contributed by atoms with Gasteiger partial charge in [-0.15, -0.1) is 0 Å². The first-order valence-corrected chi connectivity index (χ1v) is 12.3. The van der Waals surface area contributed by atoms with Crippen LogP contribution in [0.2, 0.25) is 0 Å². The van der Waals surface area contributed by atoms with Gasteiger partial charge in [0.25, 0.3) is 5.91 Å². The zero-order valence-corrected chi connectivity index (χ0v) is 19.9. The third-order valence-electron chi connectivity index (χ3n) is 5.23. The number of nitrogens with zero attached hydrogens (tertiary/aromatic N) is 1. The first-order chi connectivity index (χ1) is 16.2. The number of benzene rings is 1. The Kier molecular flexibility index (Phi) is 8.00. The molecule has 0 fully saturated rings. The monoisotopic (exact) mass is 491 g/mol. The van der Waals surface area contributed by atoms with Crippen LogP contribution in [-0.4, -0.2) is 46.0 Å². The Bertz CT molecular complexity index is 1300. The lowest BCUT2D eigenvalue weighted by Gasteiger charge is -2.09. The maximum Gasteiger partial charge on any atom is 0.305 e. The topological polar surface area (TPSA) is 128 Å². The lowest BCUT2D eigenvalue weighted by atomic mass is 10.0. The largest absolute Gasteiger partial charge is 0.469 e. The molecule has 0 saturated heterocycles. The average molecular weight is 492 g/mol. The first-order valence-electron chi connectivity index (χ1n) is 10.7. The van der Waals surface area contributed by atoms with Gasteiger partial charge in [0.05, 0.1) is 23.8 Å². The highest BCUT2D eigenvalue weighted by molar-refractivity contribution is 7.88. The van der Waals surface area contributed by atoms with E-state index < -0.39 is 33.5 Å². The molecule has 0 aliphatic carbocycles. The SMILES string of the molecule is CCc1cc2c(C(=O)NC)c(-c3ccc(F)cc3)oc2nc1CS(=O)(=O)NCCCC(=O)OC. The number of nitrogens with one attached hydrogen (secondary N) is 2. The molecule has 9 nitrogen and oxygen atoms in total. The number of amides is 1. The molecule has 0 unspecified atom stereocenters. The van der Waals surface area contributed by atoms with Gasteiger partial charge in [-0.2, -0.15) is 0 Å². The Labute approximate surface area is 196 Å². The van der Waals surface area contributed by atoms with E-state index in [0.29, 0.717) is 35.0 Å². The summed E-state index contributed by atoms with van der Waals surface area (Å²) in [5.74, 6) is -1.44. The maximum atomic E-state index is 13.4. The summed E-state index contributed by atoms with van der Waals surface area (Å²) in [5.41, 5.74) is 1.76. The van der Waals surface area contributed by atoms with Crippen molar-refractivity contribution in [3.05, 3.63) is 53.0 Å². The first kappa shape index (κ1) is 25.3. The number of hydrogen-bond acceptors (Lipinski definition) is 7. The Hall–Kier alpha value is -3.31. The van der Waals surface area contributed by atoms with E-state index in [9.17, 15) is 22.4 Å². The second kappa shape index (κ2) is 10.7. The lowest BCUT2D eigenvalue weighted by Crippen LogP contribution is -2.27. The maximum absolute atomic E-state index is 13.4. The van der Waals surface area contributed by atoms with Crippen LogP contribution in [0.25, 0.3) is 22.4 Å². The van der Waals surface area contributed by atoms with Gasteiger partial charge < -0.3 is 14.5 Å². The molecule has 0 aliphatic rings. The zero-order valence-electron chi connectivity index (χ0n) is 19.1. The smallest absolute Gasteiger partial charge is 0.305 e. The van der Waals surface area contributed by atoms with Gasteiger partial charge in [-0.25, -0.2) is 22.5 Å². The van der Waals surface area contributed by atoms with E-state index in [4.69, 9.17) is 4.42 Å². The van der Waals surface area contributed by atoms with E-state index in [1.54, 1.807) is 6.07 Å². The number of esters is 1. The molecule has 3 rings (SSSR count). The Morgan fingerprint density at radius 1 is 1.21 bits per heavy atom. The van der Waals surface area contributed by atoms with E-state index >= 15 is 0 Å². The molecule has 0 radical (unpaired) electrons. The lowest BCUT2D eigenvalue weighted by molar-refractivity contribution is -0.140. The molecule has 11 heteroatoms. The van der Waals surface area contributed by atoms with E-state index in [1.165, 1.54) is 38.4 Å². The highest BCUT2D eigenvalue weighted by Gasteiger charge is 2.25. The van der Waals surface area contributed by atoms with Gasteiger partial charge in [-0.3, -0.25) is 9.59 Å². The molecule has 2 N–H and O–H groups in total. The number of carbonyl (C=O) groups is 2. The number of hydrogen-bond donors (Lipinski definition) is 2. The second-order valence-corrected chi connectivity index (χ2v) is 9.33. The minimum atomic E-state index is -3.75. The van der Waals surface area contributed by atoms with Crippen molar-refractivity contribution in [2.75, 3.05) is 20.7 Å². The quantitative estimate of drug-likeness (QED) is 0.330. The fraction of sp³-hybridized carbons (Fsp3) is 0.348. The molecular weight excluding hydrogens is 465 g/mol. The molecule has 2 aromatic heterocycles.